The Morgan fingerprint density at radius 1 is 1.43 bits per heavy atom. The zero-order valence-electron chi connectivity index (χ0n) is 11.8. The van der Waals surface area contributed by atoms with E-state index in [1.165, 1.54) is 18.3 Å². The summed E-state index contributed by atoms with van der Waals surface area (Å²) in [4.78, 5) is 28.6. The molecule has 1 fully saturated rings. The van der Waals surface area contributed by atoms with Crippen LogP contribution in [0, 0.1) is 0 Å². The van der Waals surface area contributed by atoms with Gasteiger partial charge < -0.3 is 19.5 Å². The van der Waals surface area contributed by atoms with Crippen LogP contribution in [0.15, 0.2) is 18.3 Å². The maximum atomic E-state index is 12.2. The van der Waals surface area contributed by atoms with Crippen molar-refractivity contribution in [2.24, 2.45) is 0 Å². The van der Waals surface area contributed by atoms with Gasteiger partial charge in [-0.3, -0.25) is 9.78 Å². The van der Waals surface area contributed by atoms with Crippen molar-refractivity contribution in [3.05, 3.63) is 29.6 Å². The van der Waals surface area contributed by atoms with Crippen LogP contribution in [0.5, 0.6) is 0 Å². The SMILES string of the molecule is COCCOC1CCN(C(=O)c2ccc(C(=O)O)cn2)C1. The van der Waals surface area contributed by atoms with Gasteiger partial charge in [0.25, 0.3) is 5.91 Å². The molecule has 1 amide bonds. The summed E-state index contributed by atoms with van der Waals surface area (Å²) in [5.74, 6) is -1.26. The summed E-state index contributed by atoms with van der Waals surface area (Å²) in [7, 11) is 1.61. The van der Waals surface area contributed by atoms with Gasteiger partial charge in [0.05, 0.1) is 24.9 Å². The smallest absolute Gasteiger partial charge is 0.337 e. The molecule has 1 aromatic rings. The van der Waals surface area contributed by atoms with Gasteiger partial charge in [0.15, 0.2) is 0 Å². The average molecular weight is 294 g/mol. The van der Waals surface area contributed by atoms with Crippen LogP contribution < -0.4 is 0 Å². The van der Waals surface area contributed by atoms with E-state index in [0.717, 1.165) is 6.42 Å². The van der Waals surface area contributed by atoms with Gasteiger partial charge in [0, 0.05) is 26.4 Å². The Balaban J connectivity index is 1.90. The van der Waals surface area contributed by atoms with E-state index in [1.54, 1.807) is 12.0 Å². The molecule has 21 heavy (non-hydrogen) atoms. The Hall–Kier alpha value is -1.99. The predicted octanol–water partition coefficient (Wildman–Crippen LogP) is 0.657. The Labute approximate surface area is 122 Å². The van der Waals surface area contributed by atoms with Crippen LogP contribution in [0.4, 0.5) is 0 Å². The van der Waals surface area contributed by atoms with Crippen LogP contribution >= 0.6 is 0 Å². The molecule has 114 valence electrons. The summed E-state index contributed by atoms with van der Waals surface area (Å²) in [6, 6.07) is 2.82. The molecule has 0 aliphatic carbocycles. The predicted molar refractivity (Wildman–Crippen MR) is 73.3 cm³/mol. The molecule has 1 atom stereocenters. The van der Waals surface area contributed by atoms with E-state index in [9.17, 15) is 9.59 Å². The molecule has 7 heteroatoms. The lowest BCUT2D eigenvalue weighted by atomic mass is 10.2. The van der Waals surface area contributed by atoms with Gasteiger partial charge in [0.2, 0.25) is 0 Å². The van der Waals surface area contributed by atoms with E-state index in [1.807, 2.05) is 0 Å². The van der Waals surface area contributed by atoms with Crippen molar-refractivity contribution in [1.29, 1.82) is 0 Å². The molecule has 1 saturated heterocycles. The zero-order valence-corrected chi connectivity index (χ0v) is 11.8. The third-order valence-corrected chi connectivity index (χ3v) is 3.30. The van der Waals surface area contributed by atoms with Gasteiger partial charge in [-0.1, -0.05) is 0 Å². The van der Waals surface area contributed by atoms with Gasteiger partial charge in [-0.15, -0.1) is 0 Å². The number of aromatic nitrogens is 1. The van der Waals surface area contributed by atoms with E-state index in [4.69, 9.17) is 14.6 Å². The average Bonchev–Trinajstić information content (AvgIpc) is 2.96. The number of ether oxygens (including phenoxy) is 2. The highest BCUT2D eigenvalue weighted by Crippen LogP contribution is 2.15. The van der Waals surface area contributed by atoms with Gasteiger partial charge in [-0.2, -0.15) is 0 Å². The largest absolute Gasteiger partial charge is 0.478 e. The second kappa shape index (κ2) is 7.14. The lowest BCUT2D eigenvalue weighted by Crippen LogP contribution is -2.31. The molecule has 2 rings (SSSR count). The Morgan fingerprint density at radius 2 is 2.24 bits per heavy atom. The van der Waals surface area contributed by atoms with Gasteiger partial charge in [-0.25, -0.2) is 4.79 Å². The minimum Gasteiger partial charge on any atom is -0.478 e. The van der Waals surface area contributed by atoms with Crippen molar-refractivity contribution >= 4 is 11.9 Å². The molecule has 1 unspecified atom stereocenters. The van der Waals surface area contributed by atoms with Crippen molar-refractivity contribution in [2.75, 3.05) is 33.4 Å². The van der Waals surface area contributed by atoms with E-state index >= 15 is 0 Å². The van der Waals surface area contributed by atoms with Crippen LogP contribution in [-0.2, 0) is 9.47 Å². The molecule has 1 aromatic heterocycles. The van der Waals surface area contributed by atoms with E-state index < -0.39 is 5.97 Å². The number of hydrogen-bond acceptors (Lipinski definition) is 5. The molecule has 0 aromatic carbocycles. The lowest BCUT2D eigenvalue weighted by molar-refractivity contribution is 0.0218. The Kier molecular flexibility index (Phi) is 5.24. The maximum Gasteiger partial charge on any atom is 0.337 e. The first-order valence-corrected chi connectivity index (χ1v) is 6.71. The summed E-state index contributed by atoms with van der Waals surface area (Å²) in [5.41, 5.74) is 0.311. The first-order valence-electron chi connectivity index (χ1n) is 6.71. The summed E-state index contributed by atoms with van der Waals surface area (Å²) >= 11 is 0. The number of carbonyl (C=O) groups excluding carboxylic acids is 1. The molecule has 0 saturated carbocycles. The normalized spacial score (nSPS) is 18.0. The number of nitrogens with zero attached hydrogens (tertiary/aromatic N) is 2. The monoisotopic (exact) mass is 294 g/mol. The third-order valence-electron chi connectivity index (χ3n) is 3.30. The highest BCUT2D eigenvalue weighted by molar-refractivity contribution is 5.94. The Bertz CT molecular complexity index is 503. The molecular formula is C14H18N2O5. The van der Waals surface area contributed by atoms with Crippen LogP contribution in [-0.4, -0.2) is 66.4 Å². The lowest BCUT2D eigenvalue weighted by Gasteiger charge is -2.16. The number of likely N-dealkylation sites (tertiary alicyclic amines) is 1. The minimum atomic E-state index is -1.06. The quantitative estimate of drug-likeness (QED) is 0.775. The number of aromatic carboxylic acids is 1. The third kappa shape index (κ3) is 3.99. The number of rotatable bonds is 6. The Morgan fingerprint density at radius 3 is 2.86 bits per heavy atom. The maximum absolute atomic E-state index is 12.2. The standard InChI is InChI=1S/C14H18N2O5/c1-20-6-7-21-11-4-5-16(9-11)13(17)12-3-2-10(8-15-12)14(18)19/h2-3,8,11H,4-7,9H2,1H3,(H,18,19). The highest BCUT2D eigenvalue weighted by atomic mass is 16.5. The molecule has 0 radical (unpaired) electrons. The fraction of sp³-hybridized carbons (Fsp3) is 0.500. The highest BCUT2D eigenvalue weighted by Gasteiger charge is 2.28. The van der Waals surface area contributed by atoms with Crippen LogP contribution in [0.25, 0.3) is 0 Å². The topological polar surface area (TPSA) is 89.0 Å². The van der Waals surface area contributed by atoms with Gasteiger partial charge >= 0.3 is 5.97 Å². The number of carbonyl (C=O) groups is 2. The number of carboxylic acid groups (broad SMARTS) is 1. The van der Waals surface area contributed by atoms with Crippen LogP contribution in [0.3, 0.4) is 0 Å². The van der Waals surface area contributed by atoms with Crippen molar-refractivity contribution in [3.63, 3.8) is 0 Å². The first-order chi connectivity index (χ1) is 10.1. The molecule has 1 aliphatic rings. The van der Waals surface area contributed by atoms with Gasteiger partial charge in [-0.05, 0) is 18.6 Å². The molecule has 1 aliphatic heterocycles. The summed E-state index contributed by atoms with van der Waals surface area (Å²) in [6.45, 7) is 2.17. The number of methoxy groups -OCH3 is 1. The number of amides is 1. The van der Waals surface area contributed by atoms with Gasteiger partial charge in [0.1, 0.15) is 5.69 Å². The summed E-state index contributed by atoms with van der Waals surface area (Å²) in [5, 5.41) is 8.80. The zero-order chi connectivity index (χ0) is 15.2. The number of pyridine rings is 1. The van der Waals surface area contributed by atoms with E-state index in [-0.39, 0.29) is 23.3 Å². The molecule has 2 heterocycles. The van der Waals surface area contributed by atoms with E-state index in [0.29, 0.717) is 26.3 Å². The molecule has 7 nitrogen and oxygen atoms in total. The number of hydrogen-bond donors (Lipinski definition) is 1. The van der Waals surface area contributed by atoms with Crippen molar-refractivity contribution < 1.29 is 24.2 Å². The van der Waals surface area contributed by atoms with Crippen LogP contribution in [0.1, 0.15) is 27.3 Å². The van der Waals surface area contributed by atoms with E-state index in [2.05, 4.69) is 4.98 Å². The second-order valence-corrected chi connectivity index (χ2v) is 4.76. The number of carboxylic acids is 1. The fourth-order valence-corrected chi connectivity index (χ4v) is 2.16. The molecule has 0 spiro atoms. The second-order valence-electron chi connectivity index (χ2n) is 4.76. The van der Waals surface area contributed by atoms with Crippen LogP contribution in [0.2, 0.25) is 0 Å². The molecule has 1 N–H and O–H groups in total. The molecular weight excluding hydrogens is 276 g/mol. The molecule has 0 bridgehead atoms. The summed E-state index contributed by atoms with van der Waals surface area (Å²) in [6.07, 6.45) is 1.99. The first kappa shape index (κ1) is 15.4. The van der Waals surface area contributed by atoms with Crippen molar-refractivity contribution in [3.8, 4) is 0 Å². The fourth-order valence-electron chi connectivity index (χ4n) is 2.16. The summed E-state index contributed by atoms with van der Waals surface area (Å²) < 4.78 is 10.5. The minimum absolute atomic E-state index is 0.0161. The van der Waals surface area contributed by atoms with Crippen molar-refractivity contribution in [1.82, 2.24) is 9.88 Å². The van der Waals surface area contributed by atoms with Crippen molar-refractivity contribution in [2.45, 2.75) is 12.5 Å².